The Bertz CT molecular complexity index is 997. The van der Waals surface area contributed by atoms with Crippen molar-refractivity contribution in [2.45, 2.75) is 32.1 Å². The topological polar surface area (TPSA) is 68.2 Å². The van der Waals surface area contributed by atoms with Crippen LogP contribution in [0.2, 0.25) is 0 Å². The van der Waals surface area contributed by atoms with E-state index in [1.165, 1.54) is 0 Å². The highest BCUT2D eigenvalue weighted by atomic mass is 16.5. The van der Waals surface area contributed by atoms with Gasteiger partial charge >= 0.3 is 0 Å². The van der Waals surface area contributed by atoms with E-state index in [1.807, 2.05) is 54.4 Å². The third-order valence-corrected chi connectivity index (χ3v) is 5.68. The predicted octanol–water partition coefficient (Wildman–Crippen LogP) is 3.80. The fourth-order valence-electron chi connectivity index (χ4n) is 3.98. The second-order valence-corrected chi connectivity index (χ2v) is 7.63. The SMILES string of the molecule is COc1ccc(CC(=O)N2CCC(c3nc(C)ncc3-c3ccncc3)CC2)cc1. The molecule has 0 atom stereocenters. The third kappa shape index (κ3) is 4.48. The van der Waals surface area contributed by atoms with Crippen LogP contribution in [0.4, 0.5) is 0 Å². The minimum atomic E-state index is 0.173. The summed E-state index contributed by atoms with van der Waals surface area (Å²) in [5.74, 6) is 2.07. The van der Waals surface area contributed by atoms with Gasteiger partial charge in [0.1, 0.15) is 11.6 Å². The first-order valence-electron chi connectivity index (χ1n) is 10.3. The number of pyridine rings is 1. The number of rotatable bonds is 5. The summed E-state index contributed by atoms with van der Waals surface area (Å²) < 4.78 is 5.19. The molecule has 3 heterocycles. The zero-order valence-corrected chi connectivity index (χ0v) is 17.4. The Balaban J connectivity index is 1.43. The van der Waals surface area contributed by atoms with Gasteiger partial charge in [-0.05, 0) is 55.2 Å². The normalized spacial score (nSPS) is 14.5. The van der Waals surface area contributed by atoms with Crippen LogP contribution in [0.25, 0.3) is 11.1 Å². The fraction of sp³-hybridized carbons (Fsp3) is 0.333. The van der Waals surface area contributed by atoms with E-state index in [-0.39, 0.29) is 5.91 Å². The summed E-state index contributed by atoms with van der Waals surface area (Å²) >= 11 is 0. The Hall–Kier alpha value is -3.28. The van der Waals surface area contributed by atoms with Crippen LogP contribution in [0.1, 0.15) is 35.8 Å². The highest BCUT2D eigenvalue weighted by molar-refractivity contribution is 5.79. The first-order valence-corrected chi connectivity index (χ1v) is 10.3. The van der Waals surface area contributed by atoms with Gasteiger partial charge in [0.2, 0.25) is 5.91 Å². The van der Waals surface area contributed by atoms with Gasteiger partial charge in [-0.2, -0.15) is 0 Å². The lowest BCUT2D eigenvalue weighted by Gasteiger charge is -2.32. The van der Waals surface area contributed by atoms with Crippen molar-refractivity contribution >= 4 is 5.91 Å². The van der Waals surface area contributed by atoms with Crippen molar-refractivity contribution in [1.29, 1.82) is 0 Å². The number of carbonyl (C=O) groups is 1. The van der Waals surface area contributed by atoms with Crippen molar-refractivity contribution in [3.63, 3.8) is 0 Å². The van der Waals surface area contributed by atoms with E-state index in [4.69, 9.17) is 9.72 Å². The van der Waals surface area contributed by atoms with Crippen LogP contribution in [-0.2, 0) is 11.2 Å². The molecule has 3 aromatic rings. The van der Waals surface area contributed by atoms with Gasteiger partial charge in [0.15, 0.2) is 0 Å². The number of amides is 1. The lowest BCUT2D eigenvalue weighted by molar-refractivity contribution is -0.131. The summed E-state index contributed by atoms with van der Waals surface area (Å²) in [6.45, 7) is 3.42. The second kappa shape index (κ2) is 9.03. The largest absolute Gasteiger partial charge is 0.497 e. The summed E-state index contributed by atoms with van der Waals surface area (Å²) in [5.41, 5.74) is 4.23. The van der Waals surface area contributed by atoms with Gasteiger partial charge in [-0.25, -0.2) is 9.97 Å². The number of methoxy groups -OCH3 is 1. The van der Waals surface area contributed by atoms with Gasteiger partial charge in [0.25, 0.3) is 0 Å². The molecule has 0 N–H and O–H groups in total. The fourth-order valence-corrected chi connectivity index (χ4v) is 3.98. The lowest BCUT2D eigenvalue weighted by Crippen LogP contribution is -2.39. The number of piperidine rings is 1. The molecule has 1 amide bonds. The van der Waals surface area contributed by atoms with Crippen LogP contribution in [0, 0.1) is 6.92 Å². The Morgan fingerprint density at radius 2 is 1.80 bits per heavy atom. The molecule has 0 aliphatic carbocycles. The molecule has 1 saturated heterocycles. The minimum Gasteiger partial charge on any atom is -0.497 e. The Labute approximate surface area is 177 Å². The molecule has 154 valence electrons. The van der Waals surface area contributed by atoms with E-state index in [2.05, 4.69) is 9.97 Å². The predicted molar refractivity (Wildman–Crippen MR) is 115 cm³/mol. The van der Waals surface area contributed by atoms with Crippen LogP contribution in [0.15, 0.2) is 55.0 Å². The number of aromatic nitrogens is 3. The zero-order chi connectivity index (χ0) is 20.9. The summed E-state index contributed by atoms with van der Waals surface area (Å²) in [4.78, 5) is 28.0. The van der Waals surface area contributed by atoms with E-state index in [1.54, 1.807) is 19.5 Å². The average molecular weight is 402 g/mol. The van der Waals surface area contributed by atoms with E-state index in [0.29, 0.717) is 12.3 Å². The van der Waals surface area contributed by atoms with Crippen LogP contribution >= 0.6 is 0 Å². The molecule has 4 rings (SSSR count). The maximum absolute atomic E-state index is 12.8. The average Bonchev–Trinajstić information content (AvgIpc) is 2.80. The van der Waals surface area contributed by atoms with E-state index >= 15 is 0 Å². The van der Waals surface area contributed by atoms with Gasteiger partial charge in [-0.3, -0.25) is 9.78 Å². The number of benzene rings is 1. The number of likely N-dealkylation sites (tertiary alicyclic amines) is 1. The first-order chi connectivity index (χ1) is 14.6. The van der Waals surface area contributed by atoms with Crippen molar-refractivity contribution in [3.05, 3.63) is 72.1 Å². The molecular weight excluding hydrogens is 376 g/mol. The van der Waals surface area contributed by atoms with Gasteiger partial charge in [-0.1, -0.05) is 12.1 Å². The van der Waals surface area contributed by atoms with Gasteiger partial charge in [-0.15, -0.1) is 0 Å². The number of carbonyl (C=O) groups excluding carboxylic acids is 1. The third-order valence-electron chi connectivity index (χ3n) is 5.68. The summed E-state index contributed by atoms with van der Waals surface area (Å²) in [6, 6.07) is 11.7. The monoisotopic (exact) mass is 402 g/mol. The summed E-state index contributed by atoms with van der Waals surface area (Å²) in [7, 11) is 1.64. The second-order valence-electron chi connectivity index (χ2n) is 7.63. The standard InChI is InChI=1S/C24H26N4O2/c1-17-26-16-22(19-7-11-25-12-8-19)24(27-17)20-9-13-28(14-10-20)23(29)15-18-3-5-21(30-2)6-4-18/h3-8,11-12,16,20H,9-10,13-15H2,1-2H3. The molecule has 1 aliphatic heterocycles. The molecule has 1 aromatic carbocycles. The van der Waals surface area contributed by atoms with Gasteiger partial charge in [0, 0.05) is 43.2 Å². The maximum atomic E-state index is 12.8. The number of hydrogen-bond acceptors (Lipinski definition) is 5. The van der Waals surface area contributed by atoms with Crippen LogP contribution in [0.5, 0.6) is 5.75 Å². The minimum absolute atomic E-state index is 0.173. The Kier molecular flexibility index (Phi) is 6.02. The maximum Gasteiger partial charge on any atom is 0.226 e. The highest BCUT2D eigenvalue weighted by Crippen LogP contribution is 2.33. The van der Waals surface area contributed by atoms with Crippen molar-refractivity contribution < 1.29 is 9.53 Å². The number of aryl methyl sites for hydroxylation is 1. The molecule has 6 nitrogen and oxygen atoms in total. The van der Waals surface area contributed by atoms with Crippen molar-refractivity contribution in [3.8, 4) is 16.9 Å². The molecule has 30 heavy (non-hydrogen) atoms. The van der Waals surface area contributed by atoms with Crippen LogP contribution in [0.3, 0.4) is 0 Å². The van der Waals surface area contributed by atoms with E-state index in [0.717, 1.165) is 59.9 Å². The molecule has 2 aromatic heterocycles. The van der Waals surface area contributed by atoms with Gasteiger partial charge in [0.05, 0.1) is 19.2 Å². The molecule has 6 heteroatoms. The zero-order valence-electron chi connectivity index (χ0n) is 17.4. The van der Waals surface area contributed by atoms with E-state index < -0.39 is 0 Å². The van der Waals surface area contributed by atoms with E-state index in [9.17, 15) is 4.79 Å². The molecule has 0 spiro atoms. The summed E-state index contributed by atoms with van der Waals surface area (Å²) in [5, 5.41) is 0. The van der Waals surface area contributed by atoms with Crippen molar-refractivity contribution in [2.24, 2.45) is 0 Å². The molecule has 0 bridgehead atoms. The first kappa shape index (κ1) is 20.0. The number of hydrogen-bond donors (Lipinski definition) is 0. The van der Waals surface area contributed by atoms with Crippen molar-refractivity contribution in [2.75, 3.05) is 20.2 Å². The number of nitrogens with zero attached hydrogens (tertiary/aromatic N) is 4. The molecule has 1 fully saturated rings. The quantitative estimate of drug-likeness (QED) is 0.649. The van der Waals surface area contributed by atoms with Crippen LogP contribution < -0.4 is 4.74 Å². The lowest BCUT2D eigenvalue weighted by atomic mass is 9.89. The number of ether oxygens (including phenoxy) is 1. The molecule has 0 saturated carbocycles. The molecule has 0 unspecified atom stereocenters. The highest BCUT2D eigenvalue weighted by Gasteiger charge is 2.27. The summed E-state index contributed by atoms with van der Waals surface area (Å²) in [6.07, 6.45) is 7.72. The molecule has 0 radical (unpaired) electrons. The van der Waals surface area contributed by atoms with Crippen LogP contribution in [-0.4, -0.2) is 46.0 Å². The Morgan fingerprint density at radius 3 is 2.47 bits per heavy atom. The molecule has 1 aliphatic rings. The smallest absolute Gasteiger partial charge is 0.226 e. The Morgan fingerprint density at radius 1 is 1.10 bits per heavy atom. The van der Waals surface area contributed by atoms with Gasteiger partial charge < -0.3 is 9.64 Å². The molecular formula is C24H26N4O2. The van der Waals surface area contributed by atoms with Crippen molar-refractivity contribution in [1.82, 2.24) is 19.9 Å².